The van der Waals surface area contributed by atoms with Crippen LogP contribution in [0.3, 0.4) is 0 Å². The fourth-order valence-electron chi connectivity index (χ4n) is 2.68. The van der Waals surface area contributed by atoms with Crippen LogP contribution in [-0.4, -0.2) is 34.2 Å². The Morgan fingerprint density at radius 2 is 2.05 bits per heavy atom. The van der Waals surface area contributed by atoms with E-state index in [0.717, 1.165) is 28.0 Å². The summed E-state index contributed by atoms with van der Waals surface area (Å²) >= 11 is 3.32. The fraction of sp³-hybridized carbons (Fsp3) is 0.533. The van der Waals surface area contributed by atoms with Crippen LogP contribution in [0.15, 0.2) is 0 Å². The van der Waals surface area contributed by atoms with Crippen molar-refractivity contribution in [1.29, 1.82) is 0 Å². The van der Waals surface area contributed by atoms with E-state index in [1.807, 2.05) is 25.6 Å². The van der Waals surface area contributed by atoms with Crippen molar-refractivity contribution in [2.75, 3.05) is 23.8 Å². The Morgan fingerprint density at radius 1 is 1.32 bits per heavy atom. The number of carbonyl (C=O) groups excluding carboxylic acids is 1. The average molecular weight is 336 g/mol. The number of hydrogen-bond donors (Lipinski definition) is 2. The van der Waals surface area contributed by atoms with Gasteiger partial charge in [-0.25, -0.2) is 0 Å². The number of hydrogen-bond acceptors (Lipinski definition) is 6. The molecule has 0 bridgehead atoms. The lowest BCUT2D eigenvalue weighted by atomic mass is 10.0. The summed E-state index contributed by atoms with van der Waals surface area (Å²) in [6, 6.07) is 0. The molecule has 0 unspecified atom stereocenters. The molecule has 3 heterocycles. The number of nitrogens with two attached hydrogens (primary N) is 1. The average Bonchev–Trinajstić information content (AvgIpc) is 2.87. The second kappa shape index (κ2) is 6.42. The predicted molar refractivity (Wildman–Crippen MR) is 93.7 cm³/mol. The van der Waals surface area contributed by atoms with Crippen molar-refractivity contribution in [2.24, 2.45) is 5.92 Å². The zero-order valence-electron chi connectivity index (χ0n) is 12.8. The van der Waals surface area contributed by atoms with Crippen LogP contribution in [0.25, 0.3) is 10.2 Å². The largest absolute Gasteiger partial charge is 0.397 e. The molecule has 1 saturated heterocycles. The van der Waals surface area contributed by atoms with Crippen LogP contribution in [0, 0.1) is 19.8 Å². The van der Waals surface area contributed by atoms with E-state index in [4.69, 9.17) is 5.73 Å². The van der Waals surface area contributed by atoms with Gasteiger partial charge in [0.1, 0.15) is 9.71 Å². The third-order valence-corrected chi connectivity index (χ3v) is 6.37. The lowest BCUT2D eigenvalue weighted by molar-refractivity contribution is 0.0951. The highest BCUT2D eigenvalue weighted by Gasteiger charge is 2.21. The number of amides is 1. The highest BCUT2D eigenvalue weighted by molar-refractivity contribution is 7.99. The minimum Gasteiger partial charge on any atom is -0.397 e. The van der Waals surface area contributed by atoms with Crippen LogP contribution in [-0.2, 0) is 0 Å². The highest BCUT2D eigenvalue weighted by Crippen LogP contribution is 2.34. The van der Waals surface area contributed by atoms with E-state index in [9.17, 15) is 4.79 Å². The standard InChI is InChI=1S/C15H20N4OS2/c1-8-9(2)18-19-15-11(8)12(16)13(22-15)14(20)17-7-10-3-5-21-6-4-10/h10H,3-7,16H2,1-2H3,(H,17,20). The van der Waals surface area contributed by atoms with Crippen molar-refractivity contribution >= 4 is 44.9 Å². The van der Waals surface area contributed by atoms with E-state index in [1.54, 1.807) is 0 Å². The molecular formula is C15H20N4OS2. The van der Waals surface area contributed by atoms with Gasteiger partial charge in [-0.05, 0) is 49.7 Å². The molecule has 1 amide bonds. The summed E-state index contributed by atoms with van der Waals surface area (Å²) < 4.78 is 0. The molecule has 1 aliphatic heterocycles. The minimum atomic E-state index is -0.0872. The first-order valence-electron chi connectivity index (χ1n) is 7.45. The number of aryl methyl sites for hydroxylation is 2. The molecule has 5 nitrogen and oxygen atoms in total. The van der Waals surface area contributed by atoms with Gasteiger partial charge in [-0.15, -0.1) is 16.4 Å². The first-order chi connectivity index (χ1) is 10.6. The number of carbonyl (C=O) groups is 1. The van der Waals surface area contributed by atoms with E-state index in [2.05, 4.69) is 15.5 Å². The molecule has 22 heavy (non-hydrogen) atoms. The Kier molecular flexibility index (Phi) is 4.54. The van der Waals surface area contributed by atoms with Crippen molar-refractivity contribution in [2.45, 2.75) is 26.7 Å². The number of aromatic nitrogens is 2. The van der Waals surface area contributed by atoms with E-state index < -0.39 is 0 Å². The SMILES string of the molecule is Cc1nnc2sc(C(=O)NCC3CCSCC3)c(N)c2c1C. The smallest absolute Gasteiger partial charge is 0.263 e. The van der Waals surface area contributed by atoms with Gasteiger partial charge in [-0.1, -0.05) is 0 Å². The maximum atomic E-state index is 12.4. The first kappa shape index (κ1) is 15.6. The minimum absolute atomic E-state index is 0.0872. The highest BCUT2D eigenvalue weighted by atomic mass is 32.2. The summed E-state index contributed by atoms with van der Waals surface area (Å²) in [5, 5.41) is 12.2. The number of thiophene rings is 1. The molecule has 2 aromatic rings. The molecule has 0 aliphatic carbocycles. The lowest BCUT2D eigenvalue weighted by Crippen LogP contribution is -2.30. The number of nitrogens with one attached hydrogen (secondary N) is 1. The van der Waals surface area contributed by atoms with Gasteiger partial charge < -0.3 is 11.1 Å². The summed E-state index contributed by atoms with van der Waals surface area (Å²) in [5.74, 6) is 2.89. The fourth-order valence-corrected chi connectivity index (χ4v) is 4.90. The topological polar surface area (TPSA) is 80.9 Å². The predicted octanol–water partition coefficient (Wildman–Crippen LogP) is 2.76. The molecule has 2 aromatic heterocycles. The molecule has 0 aromatic carbocycles. The van der Waals surface area contributed by atoms with Crippen molar-refractivity contribution < 1.29 is 4.79 Å². The Labute approximate surface area is 138 Å². The van der Waals surface area contributed by atoms with Crippen LogP contribution in [0.4, 0.5) is 5.69 Å². The summed E-state index contributed by atoms with van der Waals surface area (Å²) in [5.41, 5.74) is 8.58. The zero-order chi connectivity index (χ0) is 15.7. The normalized spacial score (nSPS) is 16.1. The van der Waals surface area contributed by atoms with Gasteiger partial charge in [-0.3, -0.25) is 4.79 Å². The van der Waals surface area contributed by atoms with E-state index in [1.165, 1.54) is 35.7 Å². The monoisotopic (exact) mass is 336 g/mol. The van der Waals surface area contributed by atoms with Crippen LogP contribution < -0.4 is 11.1 Å². The van der Waals surface area contributed by atoms with E-state index >= 15 is 0 Å². The van der Waals surface area contributed by atoms with Crippen LogP contribution in [0.1, 0.15) is 33.8 Å². The number of rotatable bonds is 3. The molecule has 7 heteroatoms. The molecule has 0 atom stereocenters. The Bertz CT molecular complexity index is 707. The molecule has 0 radical (unpaired) electrons. The number of thioether (sulfide) groups is 1. The molecule has 3 rings (SSSR count). The summed E-state index contributed by atoms with van der Waals surface area (Å²) in [7, 11) is 0. The maximum absolute atomic E-state index is 12.4. The molecule has 1 aliphatic rings. The van der Waals surface area contributed by atoms with Crippen molar-refractivity contribution in [3.63, 3.8) is 0 Å². The molecule has 1 fully saturated rings. The first-order valence-corrected chi connectivity index (χ1v) is 9.43. The quantitative estimate of drug-likeness (QED) is 0.901. The summed E-state index contributed by atoms with van der Waals surface area (Å²) in [6.45, 7) is 4.60. The third-order valence-electron chi connectivity index (χ3n) is 4.23. The molecule has 0 saturated carbocycles. The van der Waals surface area contributed by atoms with E-state index in [0.29, 0.717) is 16.5 Å². The molecule has 118 valence electrons. The Morgan fingerprint density at radius 3 is 2.77 bits per heavy atom. The molecule has 3 N–H and O–H groups in total. The number of nitrogens with zero attached hydrogens (tertiary/aromatic N) is 2. The molecule has 0 spiro atoms. The number of anilines is 1. The van der Waals surface area contributed by atoms with Gasteiger partial charge in [0.05, 0.1) is 11.4 Å². The zero-order valence-corrected chi connectivity index (χ0v) is 14.4. The van der Waals surface area contributed by atoms with Gasteiger partial charge >= 0.3 is 0 Å². The van der Waals surface area contributed by atoms with Gasteiger partial charge in [0.25, 0.3) is 5.91 Å². The van der Waals surface area contributed by atoms with E-state index in [-0.39, 0.29) is 5.91 Å². The van der Waals surface area contributed by atoms with Gasteiger partial charge in [0.15, 0.2) is 0 Å². The Hall–Kier alpha value is -1.34. The Balaban J connectivity index is 1.79. The van der Waals surface area contributed by atoms with Crippen LogP contribution in [0.5, 0.6) is 0 Å². The van der Waals surface area contributed by atoms with Gasteiger partial charge in [-0.2, -0.15) is 16.9 Å². The van der Waals surface area contributed by atoms with Crippen LogP contribution in [0.2, 0.25) is 0 Å². The maximum Gasteiger partial charge on any atom is 0.263 e. The molecular weight excluding hydrogens is 316 g/mol. The second-order valence-electron chi connectivity index (χ2n) is 5.70. The van der Waals surface area contributed by atoms with Crippen molar-refractivity contribution in [3.8, 4) is 0 Å². The van der Waals surface area contributed by atoms with Crippen LogP contribution >= 0.6 is 23.1 Å². The van der Waals surface area contributed by atoms with Gasteiger partial charge in [0, 0.05) is 11.9 Å². The number of fused-ring (bicyclic) bond motifs is 1. The van der Waals surface area contributed by atoms with Crippen molar-refractivity contribution in [1.82, 2.24) is 15.5 Å². The second-order valence-corrected chi connectivity index (χ2v) is 7.93. The summed E-state index contributed by atoms with van der Waals surface area (Å²) in [4.78, 5) is 13.7. The lowest BCUT2D eigenvalue weighted by Gasteiger charge is -2.21. The number of nitrogen functional groups attached to an aromatic ring is 1. The van der Waals surface area contributed by atoms with Gasteiger partial charge in [0.2, 0.25) is 0 Å². The third kappa shape index (κ3) is 2.92. The van der Waals surface area contributed by atoms with Crippen molar-refractivity contribution in [3.05, 3.63) is 16.1 Å². The summed E-state index contributed by atoms with van der Waals surface area (Å²) in [6.07, 6.45) is 2.35.